The van der Waals surface area contributed by atoms with Crippen LogP contribution in [0.25, 0.3) is 0 Å². The second-order valence-electron chi connectivity index (χ2n) is 5.34. The predicted molar refractivity (Wildman–Crippen MR) is 64.2 cm³/mol. The number of nitrogens with zero attached hydrogens (tertiary/aromatic N) is 2. The van der Waals surface area contributed by atoms with Gasteiger partial charge in [0, 0.05) is 18.4 Å². The number of aromatic nitrogens is 2. The molecule has 2 bridgehead atoms. The third kappa shape index (κ3) is 1.91. The lowest BCUT2D eigenvalue weighted by Gasteiger charge is -2.21. The van der Waals surface area contributed by atoms with E-state index in [-0.39, 0.29) is 0 Å². The van der Waals surface area contributed by atoms with Crippen molar-refractivity contribution in [1.29, 1.82) is 0 Å². The second-order valence-corrected chi connectivity index (χ2v) is 5.34. The highest BCUT2D eigenvalue weighted by molar-refractivity contribution is 5.24. The summed E-state index contributed by atoms with van der Waals surface area (Å²) >= 11 is 0. The molecule has 1 aromatic rings. The lowest BCUT2D eigenvalue weighted by molar-refractivity contribution is 0.348. The molecule has 3 nitrogen and oxygen atoms in total. The molecule has 0 radical (unpaired) electrons. The molecule has 1 N–H and O–H groups in total. The SMILES string of the molecule is Cc1ccnc(NCC2CC3CCC2C3)n1. The van der Waals surface area contributed by atoms with E-state index >= 15 is 0 Å². The molecule has 0 aromatic carbocycles. The number of nitrogens with one attached hydrogen (secondary N) is 1. The van der Waals surface area contributed by atoms with Crippen molar-refractivity contribution in [2.24, 2.45) is 17.8 Å². The fourth-order valence-corrected chi connectivity index (χ4v) is 3.38. The first-order valence-corrected chi connectivity index (χ1v) is 6.35. The van der Waals surface area contributed by atoms with Crippen molar-refractivity contribution >= 4 is 5.95 Å². The minimum Gasteiger partial charge on any atom is -0.354 e. The molecule has 2 aliphatic rings. The van der Waals surface area contributed by atoms with E-state index in [0.717, 1.165) is 35.9 Å². The molecule has 3 rings (SSSR count). The van der Waals surface area contributed by atoms with Gasteiger partial charge >= 0.3 is 0 Å². The molecule has 0 aliphatic heterocycles. The fraction of sp³-hybridized carbons (Fsp3) is 0.692. The molecule has 86 valence electrons. The lowest BCUT2D eigenvalue weighted by atomic mass is 9.89. The highest BCUT2D eigenvalue weighted by atomic mass is 15.1. The summed E-state index contributed by atoms with van der Waals surface area (Å²) in [5, 5.41) is 3.39. The second kappa shape index (κ2) is 4.04. The molecular formula is C13H19N3. The molecule has 16 heavy (non-hydrogen) atoms. The third-order valence-electron chi connectivity index (χ3n) is 4.20. The van der Waals surface area contributed by atoms with Crippen molar-refractivity contribution in [2.75, 3.05) is 11.9 Å². The highest BCUT2D eigenvalue weighted by Crippen LogP contribution is 2.48. The molecule has 2 aliphatic carbocycles. The van der Waals surface area contributed by atoms with Crippen molar-refractivity contribution in [3.05, 3.63) is 18.0 Å². The van der Waals surface area contributed by atoms with Crippen LogP contribution in [0.5, 0.6) is 0 Å². The zero-order valence-corrected chi connectivity index (χ0v) is 9.82. The Hall–Kier alpha value is -1.12. The molecule has 3 atom stereocenters. The summed E-state index contributed by atoms with van der Waals surface area (Å²) in [6, 6.07) is 1.93. The Bertz CT molecular complexity index is 377. The van der Waals surface area contributed by atoms with Crippen LogP contribution >= 0.6 is 0 Å². The van der Waals surface area contributed by atoms with Crippen molar-refractivity contribution in [2.45, 2.75) is 32.6 Å². The minimum atomic E-state index is 0.794. The molecule has 1 aromatic heterocycles. The third-order valence-corrected chi connectivity index (χ3v) is 4.20. The molecule has 3 unspecified atom stereocenters. The van der Waals surface area contributed by atoms with Crippen LogP contribution in [0.2, 0.25) is 0 Å². The monoisotopic (exact) mass is 217 g/mol. The lowest BCUT2D eigenvalue weighted by Crippen LogP contribution is -2.21. The largest absolute Gasteiger partial charge is 0.354 e. The van der Waals surface area contributed by atoms with E-state index in [4.69, 9.17) is 0 Å². The van der Waals surface area contributed by atoms with Crippen LogP contribution in [-0.2, 0) is 0 Å². The Morgan fingerprint density at radius 2 is 2.31 bits per heavy atom. The van der Waals surface area contributed by atoms with Gasteiger partial charge in [0.1, 0.15) is 0 Å². The quantitative estimate of drug-likeness (QED) is 0.845. The first-order valence-electron chi connectivity index (χ1n) is 6.35. The van der Waals surface area contributed by atoms with Crippen LogP contribution in [0.15, 0.2) is 12.3 Å². The van der Waals surface area contributed by atoms with Gasteiger partial charge in [-0.1, -0.05) is 6.42 Å². The van der Waals surface area contributed by atoms with Gasteiger partial charge in [0.15, 0.2) is 0 Å². The van der Waals surface area contributed by atoms with Crippen LogP contribution in [0.4, 0.5) is 5.95 Å². The molecule has 1 heterocycles. The van der Waals surface area contributed by atoms with E-state index in [0.29, 0.717) is 0 Å². The zero-order chi connectivity index (χ0) is 11.0. The summed E-state index contributed by atoms with van der Waals surface area (Å²) in [5.41, 5.74) is 1.03. The van der Waals surface area contributed by atoms with E-state index in [1.54, 1.807) is 0 Å². The maximum Gasteiger partial charge on any atom is 0.222 e. The smallest absolute Gasteiger partial charge is 0.222 e. The van der Waals surface area contributed by atoms with E-state index in [1.807, 2.05) is 19.2 Å². The summed E-state index contributed by atoms with van der Waals surface area (Å²) in [5.74, 6) is 3.66. The Morgan fingerprint density at radius 1 is 1.38 bits per heavy atom. The predicted octanol–water partition coefficient (Wildman–Crippen LogP) is 2.63. The van der Waals surface area contributed by atoms with E-state index in [9.17, 15) is 0 Å². The Labute approximate surface area is 96.7 Å². The van der Waals surface area contributed by atoms with Crippen LogP contribution in [-0.4, -0.2) is 16.5 Å². The molecule has 2 fully saturated rings. The number of anilines is 1. The zero-order valence-electron chi connectivity index (χ0n) is 9.82. The first kappa shape index (κ1) is 10.1. The molecule has 0 amide bonds. The van der Waals surface area contributed by atoms with Crippen LogP contribution in [0, 0.1) is 24.7 Å². The molecule has 2 saturated carbocycles. The van der Waals surface area contributed by atoms with Crippen molar-refractivity contribution in [3.63, 3.8) is 0 Å². The van der Waals surface area contributed by atoms with Gasteiger partial charge in [-0.2, -0.15) is 0 Å². The summed E-state index contributed by atoms with van der Waals surface area (Å²) in [7, 11) is 0. The van der Waals surface area contributed by atoms with Gasteiger partial charge in [-0.25, -0.2) is 9.97 Å². The summed E-state index contributed by atoms with van der Waals surface area (Å²) in [4.78, 5) is 8.61. The van der Waals surface area contributed by atoms with Gasteiger partial charge in [-0.15, -0.1) is 0 Å². The van der Waals surface area contributed by atoms with Gasteiger partial charge in [-0.05, 0) is 50.0 Å². The fourth-order valence-electron chi connectivity index (χ4n) is 3.38. The Kier molecular flexibility index (Phi) is 2.54. The Balaban J connectivity index is 1.57. The van der Waals surface area contributed by atoms with Gasteiger partial charge in [0.05, 0.1) is 0 Å². The molecule has 3 heteroatoms. The molecule has 0 spiro atoms. The van der Waals surface area contributed by atoms with Crippen molar-refractivity contribution in [3.8, 4) is 0 Å². The maximum absolute atomic E-state index is 4.37. The van der Waals surface area contributed by atoms with Crippen LogP contribution < -0.4 is 5.32 Å². The topological polar surface area (TPSA) is 37.8 Å². The Morgan fingerprint density at radius 3 is 3.00 bits per heavy atom. The van der Waals surface area contributed by atoms with Crippen molar-refractivity contribution < 1.29 is 0 Å². The van der Waals surface area contributed by atoms with Crippen molar-refractivity contribution in [1.82, 2.24) is 9.97 Å². The summed E-state index contributed by atoms with van der Waals surface area (Å²) in [6.07, 6.45) is 7.64. The van der Waals surface area contributed by atoms with Crippen LogP contribution in [0.1, 0.15) is 31.4 Å². The average molecular weight is 217 g/mol. The normalized spacial score (nSPS) is 31.9. The maximum atomic E-state index is 4.37. The average Bonchev–Trinajstić information content (AvgIpc) is 2.88. The van der Waals surface area contributed by atoms with Gasteiger partial charge < -0.3 is 5.32 Å². The number of hydrogen-bond donors (Lipinski definition) is 1. The molecule has 0 saturated heterocycles. The minimum absolute atomic E-state index is 0.794. The standard InChI is InChI=1S/C13H19N3/c1-9-4-5-14-13(16-9)15-8-12-7-10-2-3-11(12)6-10/h4-5,10-12H,2-3,6-8H2,1H3,(H,14,15,16). The van der Waals surface area contributed by atoms with Gasteiger partial charge in [-0.3, -0.25) is 0 Å². The molecular weight excluding hydrogens is 198 g/mol. The van der Waals surface area contributed by atoms with E-state index in [1.165, 1.54) is 25.7 Å². The van der Waals surface area contributed by atoms with Gasteiger partial charge in [0.25, 0.3) is 0 Å². The number of rotatable bonds is 3. The number of fused-ring (bicyclic) bond motifs is 2. The van der Waals surface area contributed by atoms with E-state index in [2.05, 4.69) is 15.3 Å². The summed E-state index contributed by atoms with van der Waals surface area (Å²) in [6.45, 7) is 3.06. The number of hydrogen-bond acceptors (Lipinski definition) is 3. The van der Waals surface area contributed by atoms with Crippen LogP contribution in [0.3, 0.4) is 0 Å². The first-order chi connectivity index (χ1) is 7.81. The highest BCUT2D eigenvalue weighted by Gasteiger charge is 2.39. The summed E-state index contributed by atoms with van der Waals surface area (Å²) < 4.78 is 0. The van der Waals surface area contributed by atoms with Gasteiger partial charge in [0.2, 0.25) is 5.95 Å². The number of aryl methyl sites for hydroxylation is 1. The van der Waals surface area contributed by atoms with E-state index < -0.39 is 0 Å².